The summed E-state index contributed by atoms with van der Waals surface area (Å²) in [6, 6.07) is 17.0. The number of nitrogens with zero attached hydrogens (tertiary/aromatic N) is 1. The standard InChI is InChI=1S/C23H22N2O3S2/c1-16(14-17-6-4-3-5-7-17)15-20-22(27)25(23(29)30-20)13-12-21(26)24-18-8-10-19(28-2)11-9-18/h3-11,14-15H,12-13H2,1-2H3,(H,24,26)/b16-14+,20-15-. The molecule has 1 aliphatic heterocycles. The lowest BCUT2D eigenvalue weighted by molar-refractivity contribution is -0.122. The minimum Gasteiger partial charge on any atom is -0.497 e. The number of thiocarbonyl (C=S) groups is 1. The molecule has 154 valence electrons. The zero-order valence-corrected chi connectivity index (χ0v) is 18.4. The summed E-state index contributed by atoms with van der Waals surface area (Å²) in [4.78, 5) is 27.0. The number of nitrogens with one attached hydrogen (secondary N) is 1. The van der Waals surface area contributed by atoms with Crippen molar-refractivity contribution in [2.24, 2.45) is 0 Å². The fourth-order valence-corrected chi connectivity index (χ4v) is 4.22. The van der Waals surface area contributed by atoms with E-state index in [4.69, 9.17) is 17.0 Å². The van der Waals surface area contributed by atoms with Crippen LogP contribution in [-0.4, -0.2) is 34.7 Å². The smallest absolute Gasteiger partial charge is 0.266 e. The number of carbonyl (C=O) groups excluding carboxylic acids is 2. The predicted molar refractivity (Wildman–Crippen MR) is 126 cm³/mol. The van der Waals surface area contributed by atoms with E-state index in [-0.39, 0.29) is 24.8 Å². The van der Waals surface area contributed by atoms with Crippen molar-refractivity contribution >= 4 is 51.9 Å². The van der Waals surface area contributed by atoms with Crippen LogP contribution < -0.4 is 10.1 Å². The number of benzene rings is 2. The topological polar surface area (TPSA) is 58.6 Å². The zero-order valence-electron chi connectivity index (χ0n) is 16.8. The summed E-state index contributed by atoms with van der Waals surface area (Å²) in [5.74, 6) is 0.371. The molecule has 0 bridgehead atoms. The molecular formula is C23H22N2O3S2. The molecule has 5 nitrogen and oxygen atoms in total. The van der Waals surface area contributed by atoms with Gasteiger partial charge in [0.15, 0.2) is 0 Å². The van der Waals surface area contributed by atoms with E-state index >= 15 is 0 Å². The van der Waals surface area contributed by atoms with Crippen LogP contribution in [0.3, 0.4) is 0 Å². The molecule has 1 aliphatic rings. The molecule has 30 heavy (non-hydrogen) atoms. The number of allylic oxidation sites excluding steroid dienone is 2. The summed E-state index contributed by atoms with van der Waals surface area (Å²) < 4.78 is 5.57. The van der Waals surface area contributed by atoms with E-state index in [1.54, 1.807) is 31.4 Å². The Bertz CT molecular complexity index is 999. The highest BCUT2D eigenvalue weighted by molar-refractivity contribution is 8.26. The minimum absolute atomic E-state index is 0.157. The molecular weight excluding hydrogens is 416 g/mol. The molecule has 1 heterocycles. The van der Waals surface area contributed by atoms with Gasteiger partial charge in [0.25, 0.3) is 5.91 Å². The van der Waals surface area contributed by atoms with Crippen molar-refractivity contribution in [2.75, 3.05) is 19.0 Å². The normalized spacial score (nSPS) is 15.6. The van der Waals surface area contributed by atoms with Gasteiger partial charge in [-0.25, -0.2) is 0 Å². The summed E-state index contributed by atoms with van der Waals surface area (Å²) in [7, 11) is 1.59. The highest BCUT2D eigenvalue weighted by Gasteiger charge is 2.32. The molecule has 2 amide bonds. The summed E-state index contributed by atoms with van der Waals surface area (Å²) >= 11 is 6.61. The number of amides is 2. The molecule has 7 heteroatoms. The molecule has 0 aliphatic carbocycles. The molecule has 0 atom stereocenters. The fraction of sp³-hybridized carbons (Fsp3) is 0.174. The number of thioether (sulfide) groups is 1. The van der Waals surface area contributed by atoms with Gasteiger partial charge in [-0.3, -0.25) is 14.5 Å². The molecule has 0 saturated carbocycles. The maximum absolute atomic E-state index is 12.7. The SMILES string of the molecule is COc1ccc(NC(=O)CCN2C(=O)/C(=C/C(C)=C/c3ccccc3)SC2=S)cc1. The van der Waals surface area contributed by atoms with Crippen molar-refractivity contribution in [1.29, 1.82) is 0 Å². The first kappa shape index (κ1) is 21.8. The Morgan fingerprint density at radius 3 is 2.53 bits per heavy atom. The third-order valence-electron chi connectivity index (χ3n) is 4.36. The van der Waals surface area contributed by atoms with Crippen LogP contribution in [0.25, 0.3) is 6.08 Å². The largest absolute Gasteiger partial charge is 0.497 e. The summed E-state index contributed by atoms with van der Waals surface area (Å²) in [5, 5.41) is 2.81. The van der Waals surface area contributed by atoms with Crippen LogP contribution in [0.2, 0.25) is 0 Å². The number of hydrogen-bond donors (Lipinski definition) is 1. The van der Waals surface area contributed by atoms with Gasteiger partial charge >= 0.3 is 0 Å². The lowest BCUT2D eigenvalue weighted by atomic mass is 10.1. The number of methoxy groups -OCH3 is 1. The molecule has 1 saturated heterocycles. The first-order valence-corrected chi connectivity index (χ1v) is 10.6. The number of rotatable bonds is 7. The fourth-order valence-electron chi connectivity index (χ4n) is 2.86. The average molecular weight is 439 g/mol. The lowest BCUT2D eigenvalue weighted by Gasteiger charge is -2.14. The van der Waals surface area contributed by atoms with E-state index in [1.807, 2.05) is 49.4 Å². The first-order valence-electron chi connectivity index (χ1n) is 9.39. The van der Waals surface area contributed by atoms with Crippen molar-refractivity contribution in [1.82, 2.24) is 4.90 Å². The van der Waals surface area contributed by atoms with Crippen molar-refractivity contribution in [3.63, 3.8) is 0 Å². The van der Waals surface area contributed by atoms with Crippen LogP contribution in [0.1, 0.15) is 18.9 Å². The van der Waals surface area contributed by atoms with Gasteiger partial charge in [0.05, 0.1) is 12.0 Å². The van der Waals surface area contributed by atoms with Crippen LogP contribution in [0, 0.1) is 0 Å². The molecule has 0 spiro atoms. The van der Waals surface area contributed by atoms with Crippen LogP contribution >= 0.6 is 24.0 Å². The zero-order chi connectivity index (χ0) is 21.5. The van der Waals surface area contributed by atoms with E-state index < -0.39 is 0 Å². The summed E-state index contributed by atoms with van der Waals surface area (Å²) in [6.07, 6.45) is 4.00. The van der Waals surface area contributed by atoms with Gasteiger partial charge in [0.1, 0.15) is 10.1 Å². The van der Waals surface area contributed by atoms with Crippen molar-refractivity contribution in [3.8, 4) is 5.75 Å². The lowest BCUT2D eigenvalue weighted by Crippen LogP contribution is -2.31. The van der Waals surface area contributed by atoms with Crippen LogP contribution in [0.4, 0.5) is 5.69 Å². The molecule has 3 rings (SSSR count). The molecule has 2 aromatic carbocycles. The van der Waals surface area contributed by atoms with Gasteiger partial charge in [0.2, 0.25) is 5.91 Å². The molecule has 0 radical (unpaired) electrons. The molecule has 0 unspecified atom stereocenters. The number of anilines is 1. The van der Waals surface area contributed by atoms with E-state index in [0.29, 0.717) is 20.7 Å². The Kier molecular flexibility index (Phi) is 7.43. The van der Waals surface area contributed by atoms with Gasteiger partial charge in [-0.05, 0) is 48.4 Å². The third kappa shape index (κ3) is 5.81. The van der Waals surface area contributed by atoms with Crippen molar-refractivity contribution < 1.29 is 14.3 Å². The number of ether oxygens (including phenoxy) is 1. The quantitative estimate of drug-likeness (QED) is 0.494. The van der Waals surface area contributed by atoms with Crippen molar-refractivity contribution in [2.45, 2.75) is 13.3 Å². The second kappa shape index (κ2) is 10.2. The molecule has 1 N–H and O–H groups in total. The highest BCUT2D eigenvalue weighted by Crippen LogP contribution is 2.32. The number of carbonyl (C=O) groups is 2. The molecule has 0 aromatic heterocycles. The maximum atomic E-state index is 12.7. The maximum Gasteiger partial charge on any atom is 0.266 e. The Balaban J connectivity index is 1.57. The van der Waals surface area contributed by atoms with E-state index in [1.165, 1.54) is 16.7 Å². The monoisotopic (exact) mass is 438 g/mol. The Hall–Kier alpha value is -2.90. The Morgan fingerprint density at radius 1 is 1.17 bits per heavy atom. The van der Waals surface area contributed by atoms with E-state index in [0.717, 1.165) is 11.1 Å². The minimum atomic E-state index is -0.182. The van der Waals surface area contributed by atoms with Gasteiger partial charge in [0, 0.05) is 18.7 Å². The highest BCUT2D eigenvalue weighted by atomic mass is 32.2. The summed E-state index contributed by atoms with van der Waals surface area (Å²) in [6.45, 7) is 2.19. The van der Waals surface area contributed by atoms with E-state index in [9.17, 15) is 9.59 Å². The van der Waals surface area contributed by atoms with Gasteiger partial charge < -0.3 is 10.1 Å². The van der Waals surface area contributed by atoms with Gasteiger partial charge in [-0.15, -0.1) is 0 Å². The molecule has 1 fully saturated rings. The van der Waals surface area contributed by atoms with Crippen LogP contribution in [0.15, 0.2) is 71.2 Å². The van der Waals surface area contributed by atoms with Crippen LogP contribution in [-0.2, 0) is 9.59 Å². The van der Waals surface area contributed by atoms with Gasteiger partial charge in [-0.1, -0.05) is 60.4 Å². The second-order valence-electron chi connectivity index (χ2n) is 6.66. The second-order valence-corrected chi connectivity index (χ2v) is 8.33. The Morgan fingerprint density at radius 2 is 1.87 bits per heavy atom. The van der Waals surface area contributed by atoms with Crippen LogP contribution in [0.5, 0.6) is 5.75 Å². The third-order valence-corrected chi connectivity index (χ3v) is 5.74. The first-order chi connectivity index (χ1) is 14.5. The summed E-state index contributed by atoms with van der Waals surface area (Å²) in [5.41, 5.74) is 2.70. The van der Waals surface area contributed by atoms with E-state index in [2.05, 4.69) is 5.32 Å². The predicted octanol–water partition coefficient (Wildman–Crippen LogP) is 4.87. The molecule has 2 aromatic rings. The van der Waals surface area contributed by atoms with Gasteiger partial charge in [-0.2, -0.15) is 0 Å². The Labute approximate surface area is 185 Å². The number of hydrogen-bond acceptors (Lipinski definition) is 5. The van der Waals surface area contributed by atoms with Crippen molar-refractivity contribution in [3.05, 3.63) is 76.7 Å². The average Bonchev–Trinajstić information content (AvgIpc) is 3.00.